The predicted molar refractivity (Wildman–Crippen MR) is 222 cm³/mol. The van der Waals surface area contributed by atoms with Gasteiger partial charge in [-0.25, -0.2) is 0 Å². The van der Waals surface area contributed by atoms with Crippen LogP contribution in [0.25, 0.3) is 0 Å². The minimum absolute atomic E-state index is 0.0185. The monoisotopic (exact) mass is 722 g/mol. The van der Waals surface area contributed by atoms with E-state index in [9.17, 15) is 20.1 Å². The molecule has 304 valence electrons. The van der Waals surface area contributed by atoms with Crippen molar-refractivity contribution in [1.82, 2.24) is 5.32 Å². The fraction of sp³-hybridized carbons (Fsp3) is 0.935. The van der Waals surface area contributed by atoms with Crippen LogP contribution in [-0.4, -0.2) is 46.1 Å². The van der Waals surface area contributed by atoms with Crippen LogP contribution in [0.3, 0.4) is 0 Å². The summed E-state index contributed by atoms with van der Waals surface area (Å²) in [7, 11) is 0. The summed E-state index contributed by atoms with van der Waals surface area (Å²) in [5.41, 5.74) is 0. The molecule has 0 heterocycles. The number of hydrogen-bond acceptors (Lipinski definition) is 4. The van der Waals surface area contributed by atoms with Gasteiger partial charge in [0.1, 0.15) is 0 Å². The third-order valence-corrected chi connectivity index (χ3v) is 10.8. The second-order valence-corrected chi connectivity index (χ2v) is 16.0. The Balaban J connectivity index is 3.50. The summed E-state index contributed by atoms with van der Waals surface area (Å²) in [5.74, 6) is -0.313. The zero-order valence-electron chi connectivity index (χ0n) is 34.5. The Kier molecular flexibility index (Phi) is 41.1. The summed E-state index contributed by atoms with van der Waals surface area (Å²) in [4.78, 5) is 12.4. The van der Waals surface area contributed by atoms with Gasteiger partial charge in [-0.2, -0.15) is 0 Å². The molecule has 3 atom stereocenters. The van der Waals surface area contributed by atoms with Crippen molar-refractivity contribution in [3.05, 3.63) is 12.2 Å². The molecule has 0 aliphatic rings. The molecule has 0 aliphatic heterocycles. The van der Waals surface area contributed by atoms with E-state index >= 15 is 0 Å². The minimum atomic E-state index is -0.922. The second kappa shape index (κ2) is 41.8. The van der Waals surface area contributed by atoms with Crippen LogP contribution < -0.4 is 5.32 Å². The third kappa shape index (κ3) is 38.6. The first kappa shape index (κ1) is 50.1. The highest BCUT2D eigenvalue weighted by molar-refractivity contribution is 5.76. The molecule has 0 rings (SSSR count). The number of carbonyl (C=O) groups is 1. The van der Waals surface area contributed by atoms with E-state index in [0.29, 0.717) is 6.42 Å². The maximum Gasteiger partial charge on any atom is 0.222 e. The fourth-order valence-electron chi connectivity index (χ4n) is 7.28. The number of allylic oxidation sites excluding steroid dienone is 1. The molecular weight excluding hydrogens is 631 g/mol. The van der Waals surface area contributed by atoms with Gasteiger partial charge in [-0.15, -0.1) is 0 Å². The lowest BCUT2D eigenvalue weighted by atomic mass is 10.0. The molecule has 0 spiro atoms. The zero-order chi connectivity index (χ0) is 37.3. The largest absolute Gasteiger partial charge is 0.394 e. The molecule has 0 saturated heterocycles. The Hall–Kier alpha value is -0.910. The maximum atomic E-state index is 12.4. The van der Waals surface area contributed by atoms with E-state index in [4.69, 9.17) is 0 Å². The van der Waals surface area contributed by atoms with Crippen molar-refractivity contribution in [2.75, 3.05) is 6.61 Å². The van der Waals surface area contributed by atoms with Crippen molar-refractivity contribution in [1.29, 1.82) is 0 Å². The van der Waals surface area contributed by atoms with Crippen LogP contribution in [0.1, 0.15) is 251 Å². The van der Waals surface area contributed by atoms with Crippen molar-refractivity contribution in [3.63, 3.8) is 0 Å². The van der Waals surface area contributed by atoms with Crippen LogP contribution in [0, 0.1) is 0 Å². The second-order valence-electron chi connectivity index (χ2n) is 16.0. The van der Waals surface area contributed by atoms with Crippen molar-refractivity contribution >= 4 is 5.91 Å². The van der Waals surface area contributed by atoms with E-state index in [1.165, 1.54) is 199 Å². The van der Waals surface area contributed by atoms with Crippen LogP contribution in [0.2, 0.25) is 0 Å². The van der Waals surface area contributed by atoms with Gasteiger partial charge >= 0.3 is 0 Å². The van der Waals surface area contributed by atoms with Gasteiger partial charge in [0.05, 0.1) is 31.3 Å². The Morgan fingerprint density at radius 3 is 1.14 bits per heavy atom. The van der Waals surface area contributed by atoms with Crippen LogP contribution in [0.5, 0.6) is 0 Å². The van der Waals surface area contributed by atoms with Gasteiger partial charge in [-0.1, -0.05) is 238 Å². The Morgan fingerprint density at radius 1 is 0.490 bits per heavy atom. The lowest BCUT2D eigenvalue weighted by Gasteiger charge is -2.21. The molecule has 5 nitrogen and oxygen atoms in total. The van der Waals surface area contributed by atoms with Crippen LogP contribution in [-0.2, 0) is 4.79 Å². The highest BCUT2D eigenvalue weighted by Gasteiger charge is 2.20. The molecule has 51 heavy (non-hydrogen) atoms. The van der Waals surface area contributed by atoms with Gasteiger partial charge < -0.3 is 20.6 Å². The molecule has 0 aromatic rings. The number of hydrogen-bond donors (Lipinski definition) is 4. The molecule has 0 aliphatic carbocycles. The van der Waals surface area contributed by atoms with Gasteiger partial charge in [0, 0.05) is 0 Å². The molecule has 3 unspecified atom stereocenters. The van der Waals surface area contributed by atoms with E-state index in [1.807, 2.05) is 6.08 Å². The highest BCUT2D eigenvalue weighted by Crippen LogP contribution is 2.17. The molecule has 0 bridgehead atoms. The lowest BCUT2D eigenvalue weighted by Crippen LogP contribution is -2.45. The number of aliphatic hydroxyl groups excluding tert-OH is 3. The van der Waals surface area contributed by atoms with Crippen molar-refractivity contribution < 1.29 is 20.1 Å². The summed E-state index contributed by atoms with van der Waals surface area (Å²) in [5, 5.41) is 33.1. The molecule has 5 heteroatoms. The first-order valence-electron chi connectivity index (χ1n) is 23.0. The number of unbranched alkanes of at least 4 members (excludes halogenated alkanes) is 33. The zero-order valence-corrected chi connectivity index (χ0v) is 34.5. The van der Waals surface area contributed by atoms with Crippen LogP contribution in [0.15, 0.2) is 12.2 Å². The molecule has 0 aromatic carbocycles. The highest BCUT2D eigenvalue weighted by atomic mass is 16.3. The Bertz CT molecular complexity index is 713. The molecule has 0 radical (unpaired) electrons. The van der Waals surface area contributed by atoms with E-state index in [1.54, 1.807) is 6.08 Å². The Labute approximate surface area is 319 Å². The van der Waals surface area contributed by atoms with Crippen molar-refractivity contribution in [2.24, 2.45) is 0 Å². The summed E-state index contributed by atoms with van der Waals surface area (Å²) in [6.45, 7) is 4.20. The smallest absolute Gasteiger partial charge is 0.222 e. The number of carbonyl (C=O) groups excluding carboxylic acids is 1. The Morgan fingerprint density at radius 2 is 0.804 bits per heavy atom. The van der Waals surface area contributed by atoms with Crippen molar-refractivity contribution in [3.8, 4) is 0 Å². The fourth-order valence-corrected chi connectivity index (χ4v) is 7.28. The van der Waals surface area contributed by atoms with Gasteiger partial charge in [0.25, 0.3) is 0 Å². The standard InChI is InChI=1S/C46H91NO4/c1-3-5-7-9-11-13-15-16-17-18-19-20-21-22-23-24-25-26-27-28-29-30-31-33-35-37-39-43(49)41-46(51)47-44(42-48)45(50)40-38-36-34-32-14-12-10-8-6-4-2/h38,40,43-45,48-50H,3-37,39,41-42H2,1-2H3,(H,47,51)/b40-38+. The van der Waals surface area contributed by atoms with Gasteiger partial charge in [0.15, 0.2) is 0 Å². The van der Waals surface area contributed by atoms with Gasteiger partial charge in [-0.05, 0) is 19.3 Å². The summed E-state index contributed by atoms with van der Waals surface area (Å²) < 4.78 is 0. The first-order valence-corrected chi connectivity index (χ1v) is 23.0. The molecule has 0 saturated carbocycles. The minimum Gasteiger partial charge on any atom is -0.394 e. The third-order valence-electron chi connectivity index (χ3n) is 10.8. The van der Waals surface area contributed by atoms with Crippen molar-refractivity contribution in [2.45, 2.75) is 270 Å². The van der Waals surface area contributed by atoms with E-state index in [0.717, 1.165) is 25.7 Å². The molecule has 0 aromatic heterocycles. The van der Waals surface area contributed by atoms with Crippen LogP contribution in [0.4, 0.5) is 0 Å². The number of rotatable bonds is 42. The molecule has 4 N–H and O–H groups in total. The van der Waals surface area contributed by atoms with Gasteiger partial charge in [0.2, 0.25) is 5.91 Å². The normalized spacial score (nSPS) is 13.6. The van der Waals surface area contributed by atoms with Gasteiger partial charge in [-0.3, -0.25) is 4.79 Å². The van der Waals surface area contributed by atoms with Crippen LogP contribution >= 0.6 is 0 Å². The summed E-state index contributed by atoms with van der Waals surface area (Å²) in [6.07, 6.45) is 49.5. The average Bonchev–Trinajstić information content (AvgIpc) is 3.12. The SMILES string of the molecule is CCCCCCCCCC/C=C/C(O)C(CO)NC(=O)CC(O)CCCCCCCCCCCCCCCCCCCCCCCCCCCC. The summed E-state index contributed by atoms with van der Waals surface area (Å²) in [6, 6.07) is -0.738. The number of nitrogens with one attached hydrogen (secondary N) is 1. The maximum absolute atomic E-state index is 12.4. The topological polar surface area (TPSA) is 89.8 Å². The predicted octanol–water partition coefficient (Wildman–Crippen LogP) is 13.2. The lowest BCUT2D eigenvalue weighted by molar-refractivity contribution is -0.124. The van der Waals surface area contributed by atoms with E-state index < -0.39 is 18.2 Å². The quantitative estimate of drug-likeness (QED) is 0.0373. The molecular formula is C46H91NO4. The molecule has 1 amide bonds. The van der Waals surface area contributed by atoms with E-state index in [-0.39, 0.29) is 18.9 Å². The number of amides is 1. The number of aliphatic hydroxyl groups is 3. The average molecular weight is 722 g/mol. The van der Waals surface area contributed by atoms with E-state index in [2.05, 4.69) is 19.2 Å². The summed E-state index contributed by atoms with van der Waals surface area (Å²) >= 11 is 0. The molecule has 0 fully saturated rings. The first-order chi connectivity index (χ1) is 25.0.